The fourth-order valence-electron chi connectivity index (χ4n) is 0.849. The Hall–Kier alpha value is -0.610. The summed E-state index contributed by atoms with van der Waals surface area (Å²) in [6.45, 7) is 3.88. The minimum Gasteiger partial charge on any atom is -0.371 e. The Bertz CT molecular complexity index is 185. The molecule has 0 unspecified atom stereocenters. The zero-order chi connectivity index (χ0) is 9.19. The van der Waals surface area contributed by atoms with Crippen LogP contribution in [-0.4, -0.2) is 24.6 Å². The van der Waals surface area contributed by atoms with E-state index in [1.54, 1.807) is 7.11 Å². The van der Waals surface area contributed by atoms with Crippen molar-refractivity contribution in [1.82, 2.24) is 5.43 Å². The number of aliphatic imine (C=N–C) groups is 1. The normalized spacial score (nSPS) is 19.5. The second-order valence-corrected chi connectivity index (χ2v) is 3.57. The van der Waals surface area contributed by atoms with E-state index in [0.29, 0.717) is 6.04 Å². The molecule has 4 nitrogen and oxygen atoms in total. The van der Waals surface area contributed by atoms with E-state index in [0.717, 1.165) is 5.84 Å². The molecule has 0 aromatic carbocycles. The van der Waals surface area contributed by atoms with Gasteiger partial charge in [-0.1, -0.05) is 0 Å². The molecular weight excluding hydrogens is 154 g/mol. The molecule has 4 heteroatoms. The maximum Gasteiger partial charge on any atom is 0.143 e. The summed E-state index contributed by atoms with van der Waals surface area (Å²) in [5, 5.41) is 0. The summed E-state index contributed by atoms with van der Waals surface area (Å²) in [7, 11) is 1.65. The van der Waals surface area contributed by atoms with Crippen molar-refractivity contribution in [3.05, 3.63) is 0 Å². The molecule has 70 valence electrons. The van der Waals surface area contributed by atoms with Crippen LogP contribution in [-0.2, 0) is 4.74 Å². The number of hydrogen-bond acceptors (Lipinski definition) is 3. The lowest BCUT2D eigenvalue weighted by atomic mass is 10.1. The van der Waals surface area contributed by atoms with Crippen molar-refractivity contribution in [2.24, 2.45) is 10.8 Å². The molecule has 3 N–H and O–H groups in total. The van der Waals surface area contributed by atoms with Gasteiger partial charge in [0, 0.05) is 7.11 Å². The molecule has 0 aromatic heterocycles. The number of ether oxygens (including phenoxy) is 1. The topological polar surface area (TPSA) is 59.6 Å². The van der Waals surface area contributed by atoms with Gasteiger partial charge >= 0.3 is 0 Å². The Kier molecular flexibility index (Phi) is 2.69. The Morgan fingerprint density at radius 3 is 2.50 bits per heavy atom. The van der Waals surface area contributed by atoms with Crippen molar-refractivity contribution < 1.29 is 4.74 Å². The third-order valence-electron chi connectivity index (χ3n) is 2.08. The van der Waals surface area contributed by atoms with Crippen molar-refractivity contribution in [3.8, 4) is 0 Å². The number of hydrazine groups is 1. The van der Waals surface area contributed by atoms with Crippen LogP contribution in [0.5, 0.6) is 0 Å². The van der Waals surface area contributed by atoms with Gasteiger partial charge in [0.05, 0.1) is 6.04 Å². The first kappa shape index (κ1) is 9.48. The van der Waals surface area contributed by atoms with Crippen molar-refractivity contribution in [1.29, 1.82) is 0 Å². The van der Waals surface area contributed by atoms with E-state index in [9.17, 15) is 0 Å². The summed E-state index contributed by atoms with van der Waals surface area (Å²) in [6, 6.07) is 0.463. The molecule has 1 saturated carbocycles. The van der Waals surface area contributed by atoms with E-state index in [1.165, 1.54) is 12.8 Å². The molecule has 0 heterocycles. The van der Waals surface area contributed by atoms with Crippen LogP contribution in [0.15, 0.2) is 4.99 Å². The van der Waals surface area contributed by atoms with Crippen LogP contribution >= 0.6 is 0 Å². The molecule has 12 heavy (non-hydrogen) atoms. The summed E-state index contributed by atoms with van der Waals surface area (Å²) >= 11 is 0. The zero-order valence-corrected chi connectivity index (χ0v) is 7.92. The van der Waals surface area contributed by atoms with Gasteiger partial charge in [0.2, 0.25) is 0 Å². The lowest BCUT2D eigenvalue weighted by Crippen LogP contribution is -2.47. The summed E-state index contributed by atoms with van der Waals surface area (Å²) in [6.07, 6.45) is 2.34. The van der Waals surface area contributed by atoms with Gasteiger partial charge in [0.25, 0.3) is 0 Å². The maximum absolute atomic E-state index is 5.35. The molecule has 0 amide bonds. The van der Waals surface area contributed by atoms with Crippen molar-refractivity contribution in [2.75, 3.05) is 7.11 Å². The highest BCUT2D eigenvalue weighted by atomic mass is 16.5. The molecule has 0 bridgehead atoms. The Morgan fingerprint density at radius 1 is 1.58 bits per heavy atom. The van der Waals surface area contributed by atoms with Crippen LogP contribution in [0.2, 0.25) is 0 Å². The number of methoxy groups -OCH3 is 1. The van der Waals surface area contributed by atoms with E-state index in [4.69, 9.17) is 10.6 Å². The van der Waals surface area contributed by atoms with Gasteiger partial charge in [-0.05, 0) is 26.7 Å². The first-order chi connectivity index (χ1) is 5.60. The lowest BCUT2D eigenvalue weighted by molar-refractivity contribution is 0.0794. The van der Waals surface area contributed by atoms with Gasteiger partial charge < -0.3 is 10.2 Å². The SMILES string of the molecule is COC(C)(C)C(=NC1CC1)NN. The molecular formula is C8H17N3O. The number of hydrogen-bond donors (Lipinski definition) is 2. The second-order valence-electron chi connectivity index (χ2n) is 3.57. The van der Waals surface area contributed by atoms with Crippen molar-refractivity contribution in [3.63, 3.8) is 0 Å². The van der Waals surface area contributed by atoms with Gasteiger partial charge in [-0.25, -0.2) is 5.84 Å². The number of rotatable bonds is 3. The zero-order valence-electron chi connectivity index (χ0n) is 7.92. The highest BCUT2D eigenvalue weighted by molar-refractivity contribution is 5.89. The molecule has 0 saturated heterocycles. The highest BCUT2D eigenvalue weighted by Gasteiger charge is 2.28. The van der Waals surface area contributed by atoms with Gasteiger partial charge in [-0.15, -0.1) is 0 Å². The Morgan fingerprint density at radius 2 is 2.17 bits per heavy atom. The Labute approximate surface area is 73.2 Å². The van der Waals surface area contributed by atoms with E-state index in [-0.39, 0.29) is 0 Å². The largest absolute Gasteiger partial charge is 0.371 e. The second kappa shape index (κ2) is 3.41. The summed E-state index contributed by atoms with van der Waals surface area (Å²) < 4.78 is 5.25. The molecule has 0 radical (unpaired) electrons. The fourth-order valence-corrected chi connectivity index (χ4v) is 0.849. The summed E-state index contributed by atoms with van der Waals surface area (Å²) in [4.78, 5) is 4.40. The predicted molar refractivity (Wildman–Crippen MR) is 48.9 cm³/mol. The van der Waals surface area contributed by atoms with Crippen LogP contribution in [0.25, 0.3) is 0 Å². The van der Waals surface area contributed by atoms with Crippen LogP contribution in [0.4, 0.5) is 0 Å². The molecule has 1 fully saturated rings. The van der Waals surface area contributed by atoms with E-state index in [1.807, 2.05) is 13.8 Å². The first-order valence-corrected chi connectivity index (χ1v) is 4.20. The quantitative estimate of drug-likeness (QED) is 0.280. The van der Waals surface area contributed by atoms with Crippen LogP contribution in [0.1, 0.15) is 26.7 Å². The first-order valence-electron chi connectivity index (χ1n) is 4.20. The summed E-state index contributed by atoms with van der Waals surface area (Å²) in [5.74, 6) is 6.08. The van der Waals surface area contributed by atoms with Gasteiger partial charge in [-0.3, -0.25) is 4.99 Å². The minimum absolute atomic E-state index is 0.405. The number of nitrogens with two attached hydrogens (primary N) is 1. The number of nitrogens with one attached hydrogen (secondary N) is 1. The standard InChI is InChI=1S/C8H17N3O/c1-8(2,12-3)7(11-9)10-6-4-5-6/h6H,4-5,9H2,1-3H3,(H,10,11). The molecule has 1 rings (SSSR count). The number of nitrogens with zero attached hydrogens (tertiary/aromatic N) is 1. The lowest BCUT2D eigenvalue weighted by Gasteiger charge is -2.24. The van der Waals surface area contributed by atoms with E-state index in [2.05, 4.69) is 10.4 Å². The van der Waals surface area contributed by atoms with Crippen molar-refractivity contribution in [2.45, 2.75) is 38.3 Å². The third-order valence-corrected chi connectivity index (χ3v) is 2.08. The van der Waals surface area contributed by atoms with E-state index >= 15 is 0 Å². The highest BCUT2D eigenvalue weighted by Crippen LogP contribution is 2.25. The molecule has 0 aliphatic heterocycles. The monoisotopic (exact) mass is 171 g/mol. The van der Waals surface area contributed by atoms with Gasteiger partial charge in [-0.2, -0.15) is 0 Å². The number of amidine groups is 1. The smallest absolute Gasteiger partial charge is 0.143 e. The third kappa shape index (κ3) is 2.19. The Balaban J connectivity index is 2.65. The van der Waals surface area contributed by atoms with Gasteiger partial charge in [0.15, 0.2) is 0 Å². The molecule has 0 aromatic rings. The summed E-state index contributed by atoms with van der Waals surface area (Å²) in [5.41, 5.74) is 2.18. The molecule has 0 spiro atoms. The average Bonchev–Trinajstić information content (AvgIpc) is 2.83. The molecule has 0 atom stereocenters. The van der Waals surface area contributed by atoms with Gasteiger partial charge in [0.1, 0.15) is 11.4 Å². The van der Waals surface area contributed by atoms with Crippen LogP contribution in [0, 0.1) is 0 Å². The van der Waals surface area contributed by atoms with E-state index < -0.39 is 5.60 Å². The van der Waals surface area contributed by atoms with Crippen molar-refractivity contribution >= 4 is 5.84 Å². The van der Waals surface area contributed by atoms with Crippen LogP contribution in [0.3, 0.4) is 0 Å². The predicted octanol–water partition coefficient (Wildman–Crippen LogP) is 0.436. The fraction of sp³-hybridized carbons (Fsp3) is 0.875. The molecule has 1 aliphatic rings. The minimum atomic E-state index is -0.405. The average molecular weight is 171 g/mol. The van der Waals surface area contributed by atoms with Crippen LogP contribution < -0.4 is 11.3 Å². The molecule has 1 aliphatic carbocycles. The maximum atomic E-state index is 5.35.